The highest BCUT2D eigenvalue weighted by molar-refractivity contribution is 7.98. The maximum atomic E-state index is 13.7. The Morgan fingerprint density at radius 2 is 2.00 bits per heavy atom. The lowest BCUT2D eigenvalue weighted by Crippen LogP contribution is -2.18. The molecule has 2 aromatic heterocycles. The van der Waals surface area contributed by atoms with E-state index in [9.17, 15) is 14.0 Å². The van der Waals surface area contributed by atoms with Crippen molar-refractivity contribution >= 4 is 40.6 Å². The average molecular weight is 401 g/mol. The maximum absolute atomic E-state index is 13.7. The number of aromatic nitrogens is 1. The van der Waals surface area contributed by atoms with E-state index in [0.29, 0.717) is 11.3 Å². The second-order valence-corrected chi connectivity index (χ2v) is 8.28. The Hall–Kier alpha value is -2.58. The molecule has 0 atom stereocenters. The third-order valence-corrected chi connectivity index (χ3v) is 6.77. The van der Waals surface area contributed by atoms with Crippen LogP contribution in [0.25, 0.3) is 5.00 Å². The van der Waals surface area contributed by atoms with Gasteiger partial charge in [0, 0.05) is 28.7 Å². The Labute approximate surface area is 163 Å². The fourth-order valence-electron chi connectivity index (χ4n) is 3.09. The highest BCUT2D eigenvalue weighted by Crippen LogP contribution is 2.38. The number of nitrogens with two attached hydrogens (primary N) is 1. The van der Waals surface area contributed by atoms with Gasteiger partial charge in [-0.1, -0.05) is 0 Å². The van der Waals surface area contributed by atoms with Crippen molar-refractivity contribution in [3.05, 3.63) is 70.1 Å². The number of halogens is 1. The maximum Gasteiger partial charge on any atom is 0.258 e. The minimum Gasteiger partial charge on any atom is -0.366 e. The van der Waals surface area contributed by atoms with Crippen molar-refractivity contribution < 1.29 is 14.0 Å². The van der Waals surface area contributed by atoms with Crippen molar-refractivity contribution in [1.82, 2.24) is 4.57 Å². The Bertz CT molecular complexity index is 1030. The highest BCUT2D eigenvalue weighted by atomic mass is 32.2. The minimum absolute atomic E-state index is 0.248. The van der Waals surface area contributed by atoms with Crippen LogP contribution in [-0.2, 0) is 12.2 Å². The minimum atomic E-state index is -0.874. The van der Waals surface area contributed by atoms with Crippen molar-refractivity contribution in [2.45, 2.75) is 12.2 Å². The molecule has 0 spiro atoms. The van der Waals surface area contributed by atoms with Crippen molar-refractivity contribution in [2.24, 2.45) is 5.73 Å². The van der Waals surface area contributed by atoms with E-state index in [-0.39, 0.29) is 11.5 Å². The summed E-state index contributed by atoms with van der Waals surface area (Å²) in [5, 5.41) is 3.66. The molecule has 0 saturated carbocycles. The zero-order chi connectivity index (χ0) is 19.0. The number of hydrogen-bond donors (Lipinski definition) is 2. The predicted molar refractivity (Wildman–Crippen MR) is 106 cm³/mol. The van der Waals surface area contributed by atoms with Crippen molar-refractivity contribution in [3.8, 4) is 5.00 Å². The standard InChI is InChI=1S/C19H16FN3O2S2/c20-14-4-3-11(9-13(14)17(21)24)22-18(25)16-12-5-8-26-10-15(12)27-19(16)23-6-1-2-7-23/h1-4,6-7,9H,5,8,10H2,(H2,21,24)(H,22,25). The molecule has 0 unspecified atom stereocenters. The Balaban J connectivity index is 1.73. The van der Waals surface area contributed by atoms with E-state index in [1.165, 1.54) is 17.0 Å². The first-order valence-electron chi connectivity index (χ1n) is 8.31. The highest BCUT2D eigenvalue weighted by Gasteiger charge is 2.26. The van der Waals surface area contributed by atoms with Crippen LogP contribution in [0.3, 0.4) is 0 Å². The molecule has 3 heterocycles. The van der Waals surface area contributed by atoms with Crippen LogP contribution < -0.4 is 11.1 Å². The van der Waals surface area contributed by atoms with Crippen LogP contribution in [0.2, 0.25) is 0 Å². The second kappa shape index (κ2) is 7.21. The van der Waals surface area contributed by atoms with Crippen LogP contribution in [0.1, 0.15) is 31.2 Å². The topological polar surface area (TPSA) is 77.1 Å². The lowest BCUT2D eigenvalue weighted by atomic mass is 10.1. The molecule has 3 N–H and O–H groups in total. The zero-order valence-electron chi connectivity index (χ0n) is 14.2. The summed E-state index contributed by atoms with van der Waals surface area (Å²) in [5.41, 5.74) is 6.98. The summed E-state index contributed by atoms with van der Waals surface area (Å²) in [6.07, 6.45) is 4.64. The molecule has 0 aliphatic carbocycles. The Morgan fingerprint density at radius 3 is 2.74 bits per heavy atom. The number of fused-ring (bicyclic) bond motifs is 1. The number of rotatable bonds is 4. The third kappa shape index (κ3) is 3.38. The van der Waals surface area contributed by atoms with Crippen LogP contribution in [0, 0.1) is 5.82 Å². The van der Waals surface area contributed by atoms with Gasteiger partial charge in [-0.05, 0) is 48.1 Å². The van der Waals surface area contributed by atoms with Gasteiger partial charge in [0.1, 0.15) is 10.8 Å². The number of hydrogen-bond acceptors (Lipinski definition) is 4. The van der Waals surface area contributed by atoms with E-state index in [1.807, 2.05) is 40.9 Å². The molecule has 2 amide bonds. The first kappa shape index (κ1) is 17.8. The first-order chi connectivity index (χ1) is 13.0. The molecule has 1 aliphatic rings. The smallest absolute Gasteiger partial charge is 0.258 e. The summed E-state index contributed by atoms with van der Waals surface area (Å²) in [5.74, 6) is 0.00619. The van der Waals surface area contributed by atoms with Gasteiger partial charge in [-0.3, -0.25) is 9.59 Å². The molecule has 1 aromatic carbocycles. The van der Waals surface area contributed by atoms with Gasteiger partial charge in [0.2, 0.25) is 0 Å². The van der Waals surface area contributed by atoms with Crippen LogP contribution >= 0.6 is 23.1 Å². The molecule has 1 aliphatic heterocycles. The van der Waals surface area contributed by atoms with Crippen LogP contribution in [0.4, 0.5) is 10.1 Å². The molecule has 8 heteroatoms. The van der Waals surface area contributed by atoms with Gasteiger partial charge in [0.15, 0.2) is 0 Å². The van der Waals surface area contributed by atoms with Gasteiger partial charge >= 0.3 is 0 Å². The summed E-state index contributed by atoms with van der Waals surface area (Å²) >= 11 is 3.47. The van der Waals surface area contributed by atoms with Gasteiger partial charge in [-0.15, -0.1) is 11.3 Å². The number of carbonyl (C=O) groups is 2. The number of thioether (sulfide) groups is 1. The summed E-state index contributed by atoms with van der Waals surface area (Å²) in [6.45, 7) is 0. The summed E-state index contributed by atoms with van der Waals surface area (Å²) in [6, 6.07) is 7.63. The average Bonchev–Trinajstić information content (AvgIpc) is 3.30. The van der Waals surface area contributed by atoms with Gasteiger partial charge in [-0.2, -0.15) is 11.8 Å². The number of nitrogens with one attached hydrogen (secondary N) is 1. The van der Waals surface area contributed by atoms with E-state index in [2.05, 4.69) is 5.32 Å². The molecule has 5 nitrogen and oxygen atoms in total. The fourth-order valence-corrected chi connectivity index (χ4v) is 5.53. The summed E-state index contributed by atoms with van der Waals surface area (Å²) in [4.78, 5) is 25.7. The number of thiophene rings is 1. The van der Waals surface area contributed by atoms with Gasteiger partial charge < -0.3 is 15.6 Å². The van der Waals surface area contributed by atoms with Crippen LogP contribution in [0.5, 0.6) is 0 Å². The molecule has 0 fully saturated rings. The van der Waals surface area contributed by atoms with E-state index < -0.39 is 11.7 Å². The fraction of sp³-hybridized carbons (Fsp3) is 0.158. The summed E-state index contributed by atoms with van der Waals surface area (Å²) < 4.78 is 15.6. The van der Waals surface area contributed by atoms with Gasteiger partial charge in [0.05, 0.1) is 11.1 Å². The normalized spacial score (nSPS) is 13.2. The largest absolute Gasteiger partial charge is 0.366 e. The van der Waals surface area contributed by atoms with E-state index >= 15 is 0 Å². The summed E-state index contributed by atoms with van der Waals surface area (Å²) in [7, 11) is 0. The number of primary amides is 1. The van der Waals surface area contributed by atoms with Crippen molar-refractivity contribution in [1.29, 1.82) is 0 Å². The molecular weight excluding hydrogens is 385 g/mol. The quantitative estimate of drug-likeness (QED) is 0.698. The lowest BCUT2D eigenvalue weighted by Gasteiger charge is -2.13. The van der Waals surface area contributed by atoms with E-state index in [1.54, 1.807) is 11.3 Å². The lowest BCUT2D eigenvalue weighted by molar-refractivity contribution is 0.0992. The monoisotopic (exact) mass is 401 g/mol. The number of nitrogens with zero attached hydrogens (tertiary/aromatic N) is 1. The van der Waals surface area contributed by atoms with Crippen molar-refractivity contribution in [3.63, 3.8) is 0 Å². The molecular formula is C19H16FN3O2S2. The molecule has 4 rings (SSSR count). The van der Waals surface area contributed by atoms with Gasteiger partial charge in [0.25, 0.3) is 11.8 Å². The Kier molecular flexibility index (Phi) is 4.75. The van der Waals surface area contributed by atoms with Gasteiger partial charge in [-0.25, -0.2) is 4.39 Å². The molecule has 3 aromatic rings. The van der Waals surface area contributed by atoms with Crippen molar-refractivity contribution in [2.75, 3.05) is 11.1 Å². The van der Waals surface area contributed by atoms with Crippen LogP contribution in [-0.4, -0.2) is 22.1 Å². The molecule has 27 heavy (non-hydrogen) atoms. The first-order valence-corrected chi connectivity index (χ1v) is 10.3. The number of benzene rings is 1. The second-order valence-electron chi connectivity index (χ2n) is 6.09. The molecule has 0 bridgehead atoms. The third-order valence-electron chi connectivity index (χ3n) is 4.36. The zero-order valence-corrected chi connectivity index (χ0v) is 15.8. The number of amides is 2. The van der Waals surface area contributed by atoms with E-state index in [0.717, 1.165) is 34.6 Å². The molecule has 0 radical (unpaired) electrons. The molecule has 0 saturated heterocycles. The Morgan fingerprint density at radius 1 is 1.22 bits per heavy atom. The predicted octanol–water partition coefficient (Wildman–Crippen LogP) is 3.82. The SMILES string of the molecule is NC(=O)c1cc(NC(=O)c2c(-n3cccc3)sc3c2CCSC3)ccc1F. The van der Waals surface area contributed by atoms with E-state index in [4.69, 9.17) is 5.73 Å². The molecule has 138 valence electrons. The number of anilines is 1. The number of carbonyl (C=O) groups excluding carboxylic acids is 2. The van der Waals surface area contributed by atoms with Crippen LogP contribution in [0.15, 0.2) is 42.7 Å².